The molecular formula is C34H47N7O7S2. The van der Waals surface area contributed by atoms with Gasteiger partial charge in [-0.15, -0.1) is 11.8 Å². The first-order valence-electron chi connectivity index (χ1n) is 17.4. The molecule has 16 heteroatoms. The molecule has 2 aromatic rings. The van der Waals surface area contributed by atoms with Crippen molar-refractivity contribution < 1.29 is 38.4 Å². The van der Waals surface area contributed by atoms with Crippen LogP contribution in [-0.2, 0) is 41.9 Å². The van der Waals surface area contributed by atoms with Gasteiger partial charge in [-0.3, -0.25) is 19.3 Å². The highest BCUT2D eigenvalue weighted by molar-refractivity contribution is 8.00. The maximum absolute atomic E-state index is 13.2. The second kappa shape index (κ2) is 20.0. The van der Waals surface area contributed by atoms with Gasteiger partial charge in [-0.05, 0) is 13.3 Å². The largest absolute Gasteiger partial charge is 0.543 e. The van der Waals surface area contributed by atoms with Crippen molar-refractivity contribution in [3.05, 3.63) is 47.2 Å². The zero-order chi connectivity index (χ0) is 35.9. The number of esters is 1. The van der Waals surface area contributed by atoms with Crippen molar-refractivity contribution >= 4 is 57.9 Å². The average Bonchev–Trinajstić information content (AvgIpc) is 3.54. The molecule has 2 atom stereocenters. The van der Waals surface area contributed by atoms with E-state index in [4.69, 9.17) is 15.3 Å². The van der Waals surface area contributed by atoms with Gasteiger partial charge >= 0.3 is 5.97 Å². The lowest BCUT2D eigenvalue weighted by Crippen LogP contribution is -2.71. The number of anilines is 1. The van der Waals surface area contributed by atoms with Gasteiger partial charge in [0.05, 0.1) is 11.7 Å². The van der Waals surface area contributed by atoms with Crippen molar-refractivity contribution in [3.63, 3.8) is 0 Å². The van der Waals surface area contributed by atoms with Gasteiger partial charge in [-0.1, -0.05) is 76.3 Å². The molecule has 50 heavy (non-hydrogen) atoms. The van der Waals surface area contributed by atoms with Crippen molar-refractivity contribution in [3.8, 4) is 0 Å². The monoisotopic (exact) mass is 729 g/mol. The third kappa shape index (κ3) is 11.0. The third-order valence-corrected chi connectivity index (χ3v) is 10.3. The number of nitrogens with one attached hydrogen (secondary N) is 1. The molecule has 2 aliphatic heterocycles. The number of hydrogen-bond acceptors (Lipinski definition) is 13. The minimum absolute atomic E-state index is 0.0447. The fourth-order valence-electron chi connectivity index (χ4n) is 5.73. The number of carboxylic acids is 1. The summed E-state index contributed by atoms with van der Waals surface area (Å²) < 4.78 is 11.2. The third-order valence-electron chi connectivity index (χ3n) is 8.40. The Labute approximate surface area is 301 Å². The van der Waals surface area contributed by atoms with Crippen LogP contribution in [-0.4, -0.2) is 67.5 Å². The fourth-order valence-corrected chi connectivity index (χ4v) is 7.50. The molecule has 0 saturated carbocycles. The zero-order valence-electron chi connectivity index (χ0n) is 28.8. The SMILES string of the molecule is CCCCCCCCCCCCCC(=O)OCc1cc[n+](CC2=C(C(=O)[O-])N3C(=O)C(NC(=O)C(=NOCC)c4nsc(N)n4)[C@@H]3SC2)cc1. The van der Waals surface area contributed by atoms with Crippen LogP contribution in [0.3, 0.4) is 0 Å². The Hall–Kier alpha value is -4.05. The highest BCUT2D eigenvalue weighted by atomic mass is 32.2. The number of carbonyl (C=O) groups is 4. The number of rotatable bonds is 22. The van der Waals surface area contributed by atoms with Crippen molar-refractivity contribution in [1.82, 2.24) is 19.6 Å². The predicted molar refractivity (Wildman–Crippen MR) is 187 cm³/mol. The standard InChI is InChI=1S/C34H47N7O7S2/c1-3-5-6-7-8-9-10-11-12-13-14-15-25(42)47-21-23-16-18-40(19-17-23)20-24-22-49-32-27(31(44)41(32)28(24)33(45)46)36-30(43)26(38-48-4-2)29-37-34(35)50-39-29/h16-19,27,32H,3-15,20-22H2,1-2H3,(H3-,35,36,37,39,43,45,46)/t27?,32-/m0/s1. The second-order valence-electron chi connectivity index (χ2n) is 12.2. The summed E-state index contributed by atoms with van der Waals surface area (Å²) in [6.07, 6.45) is 17.3. The van der Waals surface area contributed by atoms with Crippen LogP contribution in [0.4, 0.5) is 5.13 Å². The van der Waals surface area contributed by atoms with Crippen LogP contribution < -0.4 is 20.7 Å². The molecule has 4 rings (SSSR count). The van der Waals surface area contributed by atoms with E-state index in [0.29, 0.717) is 17.7 Å². The first-order valence-corrected chi connectivity index (χ1v) is 19.2. The van der Waals surface area contributed by atoms with Crippen molar-refractivity contribution in [2.75, 3.05) is 18.1 Å². The molecule has 0 spiro atoms. The summed E-state index contributed by atoms with van der Waals surface area (Å²) in [5.74, 6) is -2.80. The summed E-state index contributed by atoms with van der Waals surface area (Å²) in [7, 11) is 0. The van der Waals surface area contributed by atoms with E-state index in [0.717, 1.165) is 41.3 Å². The lowest BCUT2D eigenvalue weighted by atomic mass is 10.0. The highest BCUT2D eigenvalue weighted by Gasteiger charge is 2.53. The van der Waals surface area contributed by atoms with Gasteiger partial charge in [-0.2, -0.15) is 9.36 Å². The molecule has 1 unspecified atom stereocenters. The Morgan fingerprint density at radius 2 is 1.72 bits per heavy atom. The molecule has 0 bridgehead atoms. The van der Waals surface area contributed by atoms with Crippen LogP contribution in [0.1, 0.15) is 102 Å². The summed E-state index contributed by atoms with van der Waals surface area (Å²) in [6.45, 7) is 4.45. The van der Waals surface area contributed by atoms with E-state index in [1.165, 1.54) is 63.1 Å². The molecule has 0 aliphatic carbocycles. The number of aromatic nitrogens is 3. The number of unbranched alkanes of at least 4 members (excludes halogenated alkanes) is 10. The van der Waals surface area contributed by atoms with Gasteiger partial charge in [0, 0.05) is 47.0 Å². The van der Waals surface area contributed by atoms with Gasteiger partial charge < -0.3 is 30.5 Å². The Bertz CT molecular complexity index is 1530. The van der Waals surface area contributed by atoms with E-state index in [2.05, 4.69) is 26.8 Å². The van der Waals surface area contributed by atoms with Gasteiger partial charge in [-0.25, -0.2) is 4.57 Å². The number of hydrogen-bond donors (Lipinski definition) is 2. The van der Waals surface area contributed by atoms with E-state index in [1.54, 1.807) is 36.0 Å². The van der Waals surface area contributed by atoms with Crippen molar-refractivity contribution in [1.29, 1.82) is 0 Å². The number of amides is 2. The Morgan fingerprint density at radius 3 is 2.32 bits per heavy atom. The van der Waals surface area contributed by atoms with E-state index in [-0.39, 0.29) is 48.1 Å². The molecule has 0 radical (unpaired) electrons. The summed E-state index contributed by atoms with van der Waals surface area (Å²) in [5.41, 5.74) is 6.48. The normalized spacial score (nSPS) is 17.3. The Balaban J connectivity index is 1.22. The topological polar surface area (TPSA) is 193 Å². The maximum Gasteiger partial charge on any atom is 0.306 e. The molecule has 1 saturated heterocycles. The molecule has 2 aliphatic rings. The number of oxime groups is 1. The van der Waals surface area contributed by atoms with Crippen LogP contribution in [0.5, 0.6) is 0 Å². The number of β-lactam (4-membered cyclic amide) rings is 1. The van der Waals surface area contributed by atoms with Crippen LogP contribution in [0.25, 0.3) is 0 Å². The predicted octanol–water partition coefficient (Wildman–Crippen LogP) is 3.00. The van der Waals surface area contributed by atoms with Crippen molar-refractivity contribution in [2.24, 2.45) is 5.16 Å². The number of ether oxygens (including phenoxy) is 1. The minimum Gasteiger partial charge on any atom is -0.543 e. The number of thioether (sulfide) groups is 1. The number of nitrogen functional groups attached to an aromatic ring is 1. The number of carbonyl (C=O) groups excluding carboxylic acids is 4. The number of fused-ring (bicyclic) bond motifs is 1. The number of pyridine rings is 1. The molecular weight excluding hydrogens is 683 g/mol. The molecule has 14 nitrogen and oxygen atoms in total. The number of nitrogens with zero attached hydrogens (tertiary/aromatic N) is 5. The Kier molecular flexibility index (Phi) is 15.5. The molecule has 2 amide bonds. The smallest absolute Gasteiger partial charge is 0.306 e. The summed E-state index contributed by atoms with van der Waals surface area (Å²) in [4.78, 5) is 60.9. The minimum atomic E-state index is -1.48. The molecule has 1 fully saturated rings. The first kappa shape index (κ1) is 38.7. The Morgan fingerprint density at radius 1 is 1.06 bits per heavy atom. The summed E-state index contributed by atoms with van der Waals surface area (Å²) in [5, 5.41) is 18.1. The lowest BCUT2D eigenvalue weighted by molar-refractivity contribution is -0.689. The van der Waals surface area contributed by atoms with Gasteiger partial charge in [0.25, 0.3) is 11.8 Å². The molecule has 2 aromatic heterocycles. The van der Waals surface area contributed by atoms with Crippen LogP contribution in [0.2, 0.25) is 0 Å². The van der Waals surface area contributed by atoms with E-state index >= 15 is 0 Å². The fraction of sp³-hybridized carbons (Fsp3) is 0.588. The maximum atomic E-state index is 13.2. The van der Waals surface area contributed by atoms with Crippen LogP contribution in [0.15, 0.2) is 41.0 Å². The number of aliphatic carboxylic acids is 1. The molecule has 3 N–H and O–H groups in total. The average molecular weight is 730 g/mol. The van der Waals surface area contributed by atoms with Crippen LogP contribution in [0, 0.1) is 0 Å². The van der Waals surface area contributed by atoms with Crippen molar-refractivity contribution in [2.45, 2.75) is 115 Å². The van der Waals surface area contributed by atoms with Crippen LogP contribution >= 0.6 is 23.3 Å². The van der Waals surface area contributed by atoms with Gasteiger partial charge in [0.15, 0.2) is 24.1 Å². The van der Waals surface area contributed by atoms with Gasteiger partial charge in [0.1, 0.15) is 24.6 Å². The van der Waals surface area contributed by atoms with Gasteiger partial charge in [0.2, 0.25) is 11.5 Å². The summed E-state index contributed by atoms with van der Waals surface area (Å²) in [6, 6.07) is 2.61. The molecule has 4 heterocycles. The first-order chi connectivity index (χ1) is 24.2. The summed E-state index contributed by atoms with van der Waals surface area (Å²) >= 11 is 2.20. The number of carboxylic acid groups (broad SMARTS) is 1. The molecule has 0 aromatic carbocycles. The number of nitrogens with two attached hydrogens (primary N) is 1. The highest BCUT2D eigenvalue weighted by Crippen LogP contribution is 2.40. The van der Waals surface area contributed by atoms with E-state index < -0.39 is 29.2 Å². The quantitative estimate of drug-likeness (QED) is 0.0452. The zero-order valence-corrected chi connectivity index (χ0v) is 30.4. The lowest BCUT2D eigenvalue weighted by Gasteiger charge is -2.50. The van der Waals surface area contributed by atoms with E-state index in [1.807, 2.05) is 0 Å². The second-order valence-corrected chi connectivity index (χ2v) is 14.1. The molecule has 272 valence electrons. The van der Waals surface area contributed by atoms with E-state index in [9.17, 15) is 24.3 Å².